The van der Waals surface area contributed by atoms with E-state index in [0.29, 0.717) is 10.2 Å². The summed E-state index contributed by atoms with van der Waals surface area (Å²) in [5.41, 5.74) is -0.101. The molecule has 0 saturated heterocycles. The molecule has 22 heavy (non-hydrogen) atoms. The number of nitrogens with zero attached hydrogens (tertiary/aromatic N) is 1. The van der Waals surface area contributed by atoms with Crippen LogP contribution in [0.4, 0.5) is 4.39 Å². The molecule has 0 atom stereocenters. The second-order valence-corrected chi connectivity index (χ2v) is 5.56. The minimum absolute atomic E-state index is 0.106. The van der Waals surface area contributed by atoms with Crippen LogP contribution in [0.15, 0.2) is 64.0 Å². The third kappa shape index (κ3) is 2.65. The molecule has 1 aromatic heterocycles. The first kappa shape index (κ1) is 14.5. The van der Waals surface area contributed by atoms with Gasteiger partial charge in [-0.2, -0.15) is 0 Å². The summed E-state index contributed by atoms with van der Waals surface area (Å²) in [4.78, 5) is 24.3. The number of aromatic nitrogens is 2. The molecule has 0 unspecified atom stereocenters. The van der Waals surface area contributed by atoms with Crippen molar-refractivity contribution in [2.45, 2.75) is 0 Å². The summed E-state index contributed by atoms with van der Waals surface area (Å²) >= 11 is 3.13. The highest BCUT2D eigenvalue weighted by molar-refractivity contribution is 9.10. The monoisotopic (exact) mass is 360 g/mol. The number of hydrogen-bond acceptors (Lipinski definition) is 2. The van der Waals surface area contributed by atoms with Gasteiger partial charge in [-0.05, 0) is 30.3 Å². The van der Waals surface area contributed by atoms with Crippen LogP contribution < -0.4 is 5.56 Å². The van der Waals surface area contributed by atoms with Crippen molar-refractivity contribution < 1.29 is 9.18 Å². The van der Waals surface area contributed by atoms with Crippen LogP contribution in [0.25, 0.3) is 5.69 Å². The predicted molar refractivity (Wildman–Crippen MR) is 83.9 cm³/mol. The van der Waals surface area contributed by atoms with E-state index < -0.39 is 17.2 Å². The lowest BCUT2D eigenvalue weighted by molar-refractivity contribution is 0.103. The van der Waals surface area contributed by atoms with Gasteiger partial charge >= 0.3 is 0 Å². The first-order valence-corrected chi connectivity index (χ1v) is 7.22. The predicted octanol–water partition coefficient (Wildman–Crippen LogP) is 3.30. The number of benzene rings is 2. The van der Waals surface area contributed by atoms with Crippen LogP contribution >= 0.6 is 15.9 Å². The zero-order valence-corrected chi connectivity index (χ0v) is 12.8. The van der Waals surface area contributed by atoms with Gasteiger partial charge < -0.3 is 0 Å². The summed E-state index contributed by atoms with van der Waals surface area (Å²) in [6, 6.07) is 13.1. The second-order valence-electron chi connectivity index (χ2n) is 4.64. The number of halogens is 2. The van der Waals surface area contributed by atoms with E-state index in [9.17, 15) is 14.0 Å². The van der Waals surface area contributed by atoms with Crippen molar-refractivity contribution >= 4 is 21.7 Å². The Morgan fingerprint density at radius 2 is 1.82 bits per heavy atom. The number of aromatic amines is 1. The standard InChI is InChI=1S/C16H10BrFN2O2/c17-10-6-7-12(14(18)8-10)15(21)13-9-20(19-16(13)22)11-4-2-1-3-5-11/h1-9H,(H,19,22). The molecule has 110 valence electrons. The number of carbonyl (C=O) groups excluding carboxylic acids is 1. The second kappa shape index (κ2) is 5.73. The van der Waals surface area contributed by atoms with Crippen molar-refractivity contribution in [1.82, 2.24) is 9.78 Å². The van der Waals surface area contributed by atoms with Gasteiger partial charge in [-0.3, -0.25) is 19.4 Å². The molecular weight excluding hydrogens is 351 g/mol. The van der Waals surface area contributed by atoms with E-state index in [0.717, 1.165) is 0 Å². The molecule has 0 bridgehead atoms. The number of H-pyrrole nitrogens is 1. The van der Waals surface area contributed by atoms with Gasteiger partial charge in [0.25, 0.3) is 5.56 Å². The van der Waals surface area contributed by atoms with E-state index in [1.165, 1.54) is 23.0 Å². The normalized spacial score (nSPS) is 10.6. The van der Waals surface area contributed by atoms with E-state index in [4.69, 9.17) is 0 Å². The number of rotatable bonds is 3. The van der Waals surface area contributed by atoms with E-state index in [1.54, 1.807) is 18.2 Å². The molecule has 2 aromatic carbocycles. The lowest BCUT2D eigenvalue weighted by atomic mass is 10.1. The zero-order chi connectivity index (χ0) is 15.7. The highest BCUT2D eigenvalue weighted by Crippen LogP contribution is 2.17. The van der Waals surface area contributed by atoms with Gasteiger partial charge in [0.2, 0.25) is 5.78 Å². The molecule has 0 amide bonds. The van der Waals surface area contributed by atoms with Crippen LogP contribution in [0.1, 0.15) is 15.9 Å². The Hall–Kier alpha value is -2.47. The van der Waals surface area contributed by atoms with Crippen LogP contribution in [-0.4, -0.2) is 15.6 Å². The van der Waals surface area contributed by atoms with Gasteiger partial charge in [-0.15, -0.1) is 0 Å². The summed E-state index contributed by atoms with van der Waals surface area (Å²) in [5.74, 6) is -1.33. The van der Waals surface area contributed by atoms with Gasteiger partial charge in [0.1, 0.15) is 11.4 Å². The van der Waals surface area contributed by atoms with Gasteiger partial charge in [0, 0.05) is 10.7 Å². The van der Waals surface area contributed by atoms with Crippen molar-refractivity contribution in [3.05, 3.63) is 86.5 Å². The molecule has 4 nitrogen and oxygen atoms in total. The van der Waals surface area contributed by atoms with Crippen molar-refractivity contribution in [3.63, 3.8) is 0 Å². The molecule has 0 radical (unpaired) electrons. The Bertz CT molecular complexity index is 900. The van der Waals surface area contributed by atoms with Crippen LogP contribution in [0.5, 0.6) is 0 Å². The minimum Gasteiger partial charge on any atom is -0.288 e. The van der Waals surface area contributed by atoms with E-state index in [1.807, 2.05) is 18.2 Å². The van der Waals surface area contributed by atoms with E-state index in [-0.39, 0.29) is 11.1 Å². The molecule has 0 aliphatic rings. The molecule has 3 aromatic rings. The lowest BCUT2D eigenvalue weighted by Crippen LogP contribution is -2.14. The van der Waals surface area contributed by atoms with Crippen LogP contribution in [0.2, 0.25) is 0 Å². The maximum Gasteiger partial charge on any atom is 0.275 e. The molecule has 0 saturated carbocycles. The van der Waals surface area contributed by atoms with Crippen molar-refractivity contribution in [2.24, 2.45) is 0 Å². The molecule has 0 fully saturated rings. The molecule has 1 heterocycles. The minimum atomic E-state index is -0.675. The average molecular weight is 361 g/mol. The van der Waals surface area contributed by atoms with Crippen molar-refractivity contribution in [3.8, 4) is 5.69 Å². The first-order chi connectivity index (χ1) is 10.6. The van der Waals surface area contributed by atoms with Gasteiger partial charge in [0.05, 0.1) is 11.3 Å². The van der Waals surface area contributed by atoms with E-state index in [2.05, 4.69) is 21.0 Å². The maximum atomic E-state index is 13.9. The molecule has 0 aliphatic carbocycles. The maximum absolute atomic E-state index is 13.9. The summed E-state index contributed by atoms with van der Waals surface area (Å²) in [6.45, 7) is 0. The molecule has 3 rings (SSSR count). The summed E-state index contributed by atoms with van der Waals surface area (Å²) < 4.78 is 15.8. The zero-order valence-electron chi connectivity index (χ0n) is 11.2. The van der Waals surface area contributed by atoms with Gasteiger partial charge in [-0.1, -0.05) is 34.1 Å². The molecular formula is C16H10BrFN2O2. The topological polar surface area (TPSA) is 54.9 Å². The SMILES string of the molecule is O=C(c1ccc(Br)cc1F)c1cn(-c2ccccc2)[nH]c1=O. The van der Waals surface area contributed by atoms with Crippen LogP contribution in [0.3, 0.4) is 0 Å². The third-order valence-electron chi connectivity index (χ3n) is 3.18. The fraction of sp³-hybridized carbons (Fsp3) is 0. The molecule has 1 N–H and O–H groups in total. The Kier molecular flexibility index (Phi) is 3.77. The fourth-order valence-corrected chi connectivity index (χ4v) is 2.43. The lowest BCUT2D eigenvalue weighted by Gasteiger charge is -2.01. The van der Waals surface area contributed by atoms with Gasteiger partial charge in [0.15, 0.2) is 0 Å². The summed E-state index contributed by atoms with van der Waals surface area (Å²) in [7, 11) is 0. The summed E-state index contributed by atoms with van der Waals surface area (Å²) in [5, 5.41) is 2.55. The Balaban J connectivity index is 2.04. The quantitative estimate of drug-likeness (QED) is 0.728. The molecule has 0 spiro atoms. The van der Waals surface area contributed by atoms with Gasteiger partial charge in [-0.25, -0.2) is 4.39 Å². The van der Waals surface area contributed by atoms with Crippen LogP contribution in [0, 0.1) is 5.82 Å². The van der Waals surface area contributed by atoms with Crippen molar-refractivity contribution in [1.29, 1.82) is 0 Å². The van der Waals surface area contributed by atoms with E-state index >= 15 is 0 Å². The average Bonchev–Trinajstić information content (AvgIpc) is 2.89. The van der Waals surface area contributed by atoms with Crippen LogP contribution in [-0.2, 0) is 0 Å². The fourth-order valence-electron chi connectivity index (χ4n) is 2.10. The number of carbonyl (C=O) groups is 1. The Morgan fingerprint density at radius 3 is 2.50 bits per heavy atom. The third-order valence-corrected chi connectivity index (χ3v) is 3.67. The number of ketones is 1. The highest BCUT2D eigenvalue weighted by Gasteiger charge is 2.19. The Labute approximate surface area is 133 Å². The molecule has 0 aliphatic heterocycles. The smallest absolute Gasteiger partial charge is 0.275 e. The summed E-state index contributed by atoms with van der Waals surface area (Å²) in [6.07, 6.45) is 1.38. The molecule has 6 heteroatoms. The first-order valence-electron chi connectivity index (χ1n) is 6.43. The largest absolute Gasteiger partial charge is 0.288 e. The number of nitrogens with one attached hydrogen (secondary N) is 1. The number of hydrogen-bond donors (Lipinski definition) is 1. The number of para-hydroxylation sites is 1. The highest BCUT2D eigenvalue weighted by atomic mass is 79.9. The Morgan fingerprint density at radius 1 is 1.09 bits per heavy atom. The van der Waals surface area contributed by atoms with Crippen molar-refractivity contribution in [2.75, 3.05) is 0 Å².